The van der Waals surface area contributed by atoms with Crippen LogP contribution in [0.3, 0.4) is 0 Å². The molecule has 0 radical (unpaired) electrons. The van der Waals surface area contributed by atoms with E-state index in [2.05, 4.69) is 4.98 Å². The summed E-state index contributed by atoms with van der Waals surface area (Å²) in [4.78, 5) is 14.9. The molecule has 4 rings (SSSR count). The summed E-state index contributed by atoms with van der Waals surface area (Å²) in [6.07, 6.45) is -3.32. The molecule has 1 N–H and O–H groups in total. The lowest BCUT2D eigenvalue weighted by molar-refractivity contribution is -0.141. The van der Waals surface area contributed by atoms with Gasteiger partial charge in [0, 0.05) is 11.6 Å². The fourth-order valence-electron chi connectivity index (χ4n) is 3.57. The zero-order valence-corrected chi connectivity index (χ0v) is 14.1. The minimum absolute atomic E-state index is 0.0471. The first kappa shape index (κ1) is 17.4. The quantitative estimate of drug-likeness (QED) is 0.701. The Bertz CT molecular complexity index is 1060. The Morgan fingerprint density at radius 2 is 2.11 bits per heavy atom. The van der Waals surface area contributed by atoms with Crippen LogP contribution in [-0.4, -0.2) is 16.1 Å². The zero-order chi connectivity index (χ0) is 19.3. The molecule has 2 heterocycles. The molecule has 0 amide bonds. The molecule has 0 bridgehead atoms. The Labute approximate surface area is 151 Å². The van der Waals surface area contributed by atoms with Crippen molar-refractivity contribution in [1.29, 1.82) is 0 Å². The highest BCUT2D eigenvalue weighted by atomic mass is 19.4. The van der Waals surface area contributed by atoms with Crippen molar-refractivity contribution in [2.75, 3.05) is 0 Å². The summed E-state index contributed by atoms with van der Waals surface area (Å²) in [7, 11) is 0. The maximum Gasteiger partial charge on any atom is 0.433 e. The second-order valence-electron chi connectivity index (χ2n) is 6.37. The van der Waals surface area contributed by atoms with Crippen LogP contribution in [0.25, 0.3) is 11.0 Å². The number of benzene rings is 1. The van der Waals surface area contributed by atoms with E-state index in [-0.39, 0.29) is 23.3 Å². The third kappa shape index (κ3) is 2.90. The number of ether oxygens (including phenoxy) is 1. The molecule has 27 heavy (non-hydrogen) atoms. The van der Waals surface area contributed by atoms with Crippen molar-refractivity contribution in [2.45, 2.75) is 32.0 Å². The number of furan rings is 1. The Morgan fingerprint density at radius 1 is 1.33 bits per heavy atom. The predicted octanol–water partition coefficient (Wildman–Crippen LogP) is 4.92. The van der Waals surface area contributed by atoms with Crippen LogP contribution in [0.4, 0.5) is 13.2 Å². The van der Waals surface area contributed by atoms with Crippen LogP contribution in [0.5, 0.6) is 5.75 Å². The van der Waals surface area contributed by atoms with Gasteiger partial charge in [0.2, 0.25) is 0 Å². The molecule has 0 aliphatic heterocycles. The van der Waals surface area contributed by atoms with E-state index in [1.807, 2.05) is 0 Å². The average Bonchev–Trinajstić information content (AvgIpc) is 3.13. The number of aryl methyl sites for hydroxylation is 1. The molecule has 1 unspecified atom stereocenters. The van der Waals surface area contributed by atoms with Crippen LogP contribution < -0.4 is 4.74 Å². The predicted molar refractivity (Wildman–Crippen MR) is 88.8 cm³/mol. The Hall–Kier alpha value is -3.03. The summed E-state index contributed by atoms with van der Waals surface area (Å²) in [5, 5.41) is 9.74. The molecule has 140 valence electrons. The minimum Gasteiger partial charge on any atom is -0.486 e. The Morgan fingerprint density at radius 3 is 2.81 bits per heavy atom. The van der Waals surface area contributed by atoms with Crippen molar-refractivity contribution in [3.63, 3.8) is 0 Å². The number of carboxylic acids is 1. The van der Waals surface area contributed by atoms with Crippen molar-refractivity contribution in [3.05, 3.63) is 58.6 Å². The number of fused-ring (bicyclic) bond motifs is 2. The molecular formula is C19H14F3NO4. The summed E-state index contributed by atoms with van der Waals surface area (Å²) in [5.74, 6) is -0.466. The number of aromatic nitrogens is 1. The molecule has 0 saturated heterocycles. The molecule has 2 aromatic heterocycles. The largest absolute Gasteiger partial charge is 0.486 e. The normalized spacial score (nSPS) is 16.5. The average molecular weight is 377 g/mol. The number of pyridine rings is 1. The highest BCUT2D eigenvalue weighted by molar-refractivity contribution is 6.03. The monoisotopic (exact) mass is 377 g/mol. The van der Waals surface area contributed by atoms with Gasteiger partial charge in [-0.1, -0.05) is 0 Å². The number of aromatic carboxylic acids is 1. The van der Waals surface area contributed by atoms with E-state index in [1.165, 1.54) is 6.07 Å². The van der Waals surface area contributed by atoms with Crippen molar-refractivity contribution < 1.29 is 32.2 Å². The number of hydrogen-bond acceptors (Lipinski definition) is 4. The van der Waals surface area contributed by atoms with Crippen LogP contribution in [0, 0.1) is 6.92 Å². The van der Waals surface area contributed by atoms with E-state index in [9.17, 15) is 23.1 Å². The van der Waals surface area contributed by atoms with Crippen LogP contribution in [0.1, 0.15) is 45.5 Å². The second kappa shape index (κ2) is 6.00. The van der Waals surface area contributed by atoms with Gasteiger partial charge in [0.05, 0.1) is 0 Å². The van der Waals surface area contributed by atoms with Gasteiger partial charge in [-0.25, -0.2) is 4.79 Å². The summed E-state index contributed by atoms with van der Waals surface area (Å²) >= 11 is 0. The van der Waals surface area contributed by atoms with Gasteiger partial charge >= 0.3 is 12.1 Å². The molecule has 0 saturated carbocycles. The first-order valence-corrected chi connectivity index (χ1v) is 8.24. The second-order valence-corrected chi connectivity index (χ2v) is 6.37. The number of hydrogen-bond donors (Lipinski definition) is 1. The van der Waals surface area contributed by atoms with Gasteiger partial charge in [-0.05, 0) is 55.2 Å². The Balaban J connectivity index is 1.69. The van der Waals surface area contributed by atoms with Gasteiger partial charge in [-0.2, -0.15) is 13.2 Å². The Kier molecular flexibility index (Phi) is 3.87. The summed E-state index contributed by atoms with van der Waals surface area (Å²) < 4.78 is 50.7. The van der Waals surface area contributed by atoms with E-state index >= 15 is 0 Å². The third-order valence-corrected chi connectivity index (χ3v) is 4.69. The van der Waals surface area contributed by atoms with Gasteiger partial charge in [0.15, 0.2) is 0 Å². The standard InChI is InChI=1S/C19H14F3NO4/c1-9-16(18(24)25)13-8-10(2-4-15(13)26-9)27-14-5-3-12-11(14)6-7-23-17(12)19(20,21)22/h2,4,6-8,14H,3,5H2,1H3,(H,24,25). The number of carbonyl (C=O) groups is 1. The van der Waals surface area contributed by atoms with Crippen LogP contribution in [0.2, 0.25) is 0 Å². The van der Waals surface area contributed by atoms with E-state index in [1.54, 1.807) is 25.1 Å². The van der Waals surface area contributed by atoms with Crippen molar-refractivity contribution in [3.8, 4) is 5.75 Å². The van der Waals surface area contributed by atoms with E-state index in [0.717, 1.165) is 6.20 Å². The fourth-order valence-corrected chi connectivity index (χ4v) is 3.57. The maximum absolute atomic E-state index is 13.1. The highest BCUT2D eigenvalue weighted by Gasteiger charge is 2.39. The molecule has 5 nitrogen and oxygen atoms in total. The molecule has 8 heteroatoms. The minimum atomic E-state index is -4.51. The lowest BCUT2D eigenvalue weighted by Crippen LogP contribution is -2.12. The molecule has 1 aliphatic rings. The number of halogens is 3. The van der Waals surface area contributed by atoms with E-state index in [0.29, 0.717) is 28.7 Å². The molecule has 1 aromatic carbocycles. The van der Waals surface area contributed by atoms with Crippen LogP contribution >= 0.6 is 0 Å². The number of alkyl halides is 3. The lowest BCUT2D eigenvalue weighted by atomic mass is 10.1. The molecule has 0 fully saturated rings. The lowest BCUT2D eigenvalue weighted by Gasteiger charge is -2.16. The molecular weight excluding hydrogens is 363 g/mol. The van der Waals surface area contributed by atoms with Gasteiger partial charge in [0.25, 0.3) is 0 Å². The summed E-state index contributed by atoms with van der Waals surface area (Å²) in [6, 6.07) is 6.28. The smallest absolute Gasteiger partial charge is 0.433 e. The highest BCUT2D eigenvalue weighted by Crippen LogP contribution is 2.41. The number of nitrogens with zero attached hydrogens (tertiary/aromatic N) is 1. The van der Waals surface area contributed by atoms with E-state index in [4.69, 9.17) is 9.15 Å². The van der Waals surface area contributed by atoms with Gasteiger partial charge in [-0.15, -0.1) is 0 Å². The summed E-state index contributed by atoms with van der Waals surface area (Å²) in [5.41, 5.74) is 0.194. The zero-order valence-electron chi connectivity index (χ0n) is 14.1. The topological polar surface area (TPSA) is 72.6 Å². The number of carboxylic acid groups (broad SMARTS) is 1. The summed E-state index contributed by atoms with van der Waals surface area (Å²) in [6.45, 7) is 1.56. The molecule has 3 aromatic rings. The fraction of sp³-hybridized carbons (Fsp3) is 0.263. The van der Waals surface area contributed by atoms with Crippen molar-refractivity contribution in [1.82, 2.24) is 4.98 Å². The van der Waals surface area contributed by atoms with Crippen molar-refractivity contribution in [2.24, 2.45) is 0 Å². The van der Waals surface area contributed by atoms with Crippen LogP contribution in [-0.2, 0) is 12.6 Å². The number of rotatable bonds is 3. The molecule has 1 aliphatic carbocycles. The third-order valence-electron chi connectivity index (χ3n) is 4.69. The first-order chi connectivity index (χ1) is 12.8. The van der Waals surface area contributed by atoms with Gasteiger partial charge in [-0.3, -0.25) is 4.98 Å². The molecule has 0 spiro atoms. The van der Waals surface area contributed by atoms with Crippen LogP contribution in [0.15, 0.2) is 34.9 Å². The first-order valence-electron chi connectivity index (χ1n) is 8.24. The molecule has 1 atom stereocenters. The maximum atomic E-state index is 13.1. The van der Waals surface area contributed by atoms with E-state index < -0.39 is 23.9 Å². The van der Waals surface area contributed by atoms with Gasteiger partial charge < -0.3 is 14.3 Å². The van der Waals surface area contributed by atoms with Gasteiger partial charge in [0.1, 0.15) is 34.5 Å². The SMILES string of the molecule is Cc1oc2ccc(OC3CCc4c3ccnc4C(F)(F)F)cc2c1C(=O)O. The van der Waals surface area contributed by atoms with Crippen molar-refractivity contribution >= 4 is 16.9 Å².